The number of nitrogens with one attached hydrogen (secondary N) is 1. The fourth-order valence-electron chi connectivity index (χ4n) is 2.70. The van der Waals surface area contributed by atoms with E-state index in [9.17, 15) is 4.79 Å². The van der Waals surface area contributed by atoms with E-state index in [1.807, 2.05) is 23.6 Å². The molecule has 3 heteroatoms. The largest absolute Gasteiger partial charge is 0.322 e. The molecule has 1 heterocycles. The molecular formula is C17H19NOS. The van der Waals surface area contributed by atoms with Gasteiger partial charge in [-0.1, -0.05) is 6.07 Å². The van der Waals surface area contributed by atoms with Crippen LogP contribution in [0.3, 0.4) is 0 Å². The van der Waals surface area contributed by atoms with Gasteiger partial charge >= 0.3 is 0 Å². The summed E-state index contributed by atoms with van der Waals surface area (Å²) in [6.07, 6.45) is 4.64. The number of rotatable bonds is 2. The Morgan fingerprint density at radius 3 is 2.75 bits per heavy atom. The summed E-state index contributed by atoms with van der Waals surface area (Å²) in [5.74, 6) is 0.0349. The second-order valence-corrected chi connectivity index (χ2v) is 6.48. The summed E-state index contributed by atoms with van der Waals surface area (Å²) in [7, 11) is 0. The Morgan fingerprint density at radius 2 is 1.95 bits per heavy atom. The second kappa shape index (κ2) is 5.41. The third-order valence-electron chi connectivity index (χ3n) is 4.07. The maximum absolute atomic E-state index is 12.4. The molecule has 0 saturated carbocycles. The topological polar surface area (TPSA) is 29.1 Å². The first-order chi connectivity index (χ1) is 9.65. The van der Waals surface area contributed by atoms with E-state index in [2.05, 4.69) is 19.2 Å². The van der Waals surface area contributed by atoms with E-state index in [1.165, 1.54) is 34.4 Å². The van der Waals surface area contributed by atoms with Crippen LogP contribution in [0.15, 0.2) is 23.6 Å². The van der Waals surface area contributed by atoms with Crippen molar-refractivity contribution in [3.63, 3.8) is 0 Å². The Morgan fingerprint density at radius 1 is 1.15 bits per heavy atom. The van der Waals surface area contributed by atoms with Crippen molar-refractivity contribution in [2.24, 2.45) is 0 Å². The zero-order valence-corrected chi connectivity index (χ0v) is 12.8. The standard InChI is InChI=1S/C17H19NOS/c1-11-7-8-13(9-12(11)2)18-17(19)15-10-20-16-6-4-3-5-14(15)16/h7-10H,3-6H2,1-2H3,(H,18,19). The minimum Gasteiger partial charge on any atom is -0.322 e. The number of benzene rings is 1. The smallest absolute Gasteiger partial charge is 0.256 e. The molecule has 0 bridgehead atoms. The lowest BCUT2D eigenvalue weighted by atomic mass is 9.95. The molecule has 0 spiro atoms. The third kappa shape index (κ3) is 2.50. The van der Waals surface area contributed by atoms with Gasteiger partial charge in [-0.3, -0.25) is 4.79 Å². The van der Waals surface area contributed by atoms with E-state index in [0.717, 1.165) is 24.1 Å². The third-order valence-corrected chi connectivity index (χ3v) is 5.16. The van der Waals surface area contributed by atoms with E-state index in [-0.39, 0.29) is 5.91 Å². The summed E-state index contributed by atoms with van der Waals surface area (Å²) < 4.78 is 0. The summed E-state index contributed by atoms with van der Waals surface area (Å²) >= 11 is 1.74. The van der Waals surface area contributed by atoms with Gasteiger partial charge in [0, 0.05) is 15.9 Å². The Bertz CT molecular complexity index is 657. The van der Waals surface area contributed by atoms with Gasteiger partial charge in [0.05, 0.1) is 5.56 Å². The Kier molecular flexibility index (Phi) is 3.62. The highest BCUT2D eigenvalue weighted by atomic mass is 32.1. The molecule has 1 aliphatic rings. The summed E-state index contributed by atoms with van der Waals surface area (Å²) in [6, 6.07) is 6.05. The van der Waals surface area contributed by atoms with Crippen LogP contribution in [0.25, 0.3) is 0 Å². The minimum atomic E-state index is 0.0349. The SMILES string of the molecule is Cc1ccc(NC(=O)c2csc3c2CCCC3)cc1C. The number of hydrogen-bond donors (Lipinski definition) is 1. The van der Waals surface area contributed by atoms with Crippen LogP contribution in [0.4, 0.5) is 5.69 Å². The molecule has 1 aromatic carbocycles. The average molecular weight is 285 g/mol. The Hall–Kier alpha value is -1.61. The molecule has 1 aliphatic carbocycles. The average Bonchev–Trinajstić information content (AvgIpc) is 2.87. The number of thiophene rings is 1. The predicted molar refractivity (Wildman–Crippen MR) is 84.8 cm³/mol. The van der Waals surface area contributed by atoms with Crippen molar-refractivity contribution in [2.45, 2.75) is 39.5 Å². The molecule has 3 rings (SSSR count). The molecule has 1 aromatic heterocycles. The molecule has 2 aromatic rings. The first-order valence-corrected chi connectivity index (χ1v) is 8.01. The van der Waals surface area contributed by atoms with Crippen molar-refractivity contribution in [2.75, 3.05) is 5.32 Å². The molecule has 0 unspecified atom stereocenters. The fourth-order valence-corrected chi connectivity index (χ4v) is 3.83. The quantitative estimate of drug-likeness (QED) is 0.865. The van der Waals surface area contributed by atoms with Gasteiger partial charge in [0.25, 0.3) is 5.91 Å². The van der Waals surface area contributed by atoms with Gasteiger partial charge in [0.1, 0.15) is 0 Å². The maximum Gasteiger partial charge on any atom is 0.256 e. The minimum absolute atomic E-state index is 0.0349. The monoisotopic (exact) mass is 285 g/mol. The van der Waals surface area contributed by atoms with Crippen molar-refractivity contribution in [3.8, 4) is 0 Å². The fraction of sp³-hybridized carbons (Fsp3) is 0.353. The molecule has 1 N–H and O–H groups in total. The van der Waals surface area contributed by atoms with E-state index in [1.54, 1.807) is 11.3 Å². The van der Waals surface area contributed by atoms with Gasteiger partial charge in [-0.25, -0.2) is 0 Å². The Balaban J connectivity index is 1.82. The van der Waals surface area contributed by atoms with Gasteiger partial charge < -0.3 is 5.32 Å². The van der Waals surface area contributed by atoms with Crippen LogP contribution in [0.2, 0.25) is 0 Å². The number of fused-ring (bicyclic) bond motifs is 1. The molecule has 2 nitrogen and oxygen atoms in total. The number of hydrogen-bond acceptors (Lipinski definition) is 2. The first-order valence-electron chi connectivity index (χ1n) is 7.13. The van der Waals surface area contributed by atoms with Gasteiger partial charge in [0.15, 0.2) is 0 Å². The van der Waals surface area contributed by atoms with Crippen LogP contribution in [0.1, 0.15) is 44.8 Å². The summed E-state index contributed by atoms with van der Waals surface area (Å²) in [4.78, 5) is 13.8. The molecule has 20 heavy (non-hydrogen) atoms. The lowest BCUT2D eigenvalue weighted by Gasteiger charge is -2.13. The molecule has 0 atom stereocenters. The molecule has 0 saturated heterocycles. The molecule has 1 amide bonds. The number of anilines is 1. The number of carbonyl (C=O) groups excluding carboxylic acids is 1. The molecule has 0 fully saturated rings. The van der Waals surface area contributed by atoms with E-state index < -0.39 is 0 Å². The van der Waals surface area contributed by atoms with Crippen LogP contribution in [-0.2, 0) is 12.8 Å². The van der Waals surface area contributed by atoms with Gasteiger partial charge in [-0.05, 0) is 68.4 Å². The maximum atomic E-state index is 12.4. The van der Waals surface area contributed by atoms with Crippen LogP contribution >= 0.6 is 11.3 Å². The molecule has 104 valence electrons. The van der Waals surface area contributed by atoms with Crippen molar-refractivity contribution in [3.05, 3.63) is 50.7 Å². The van der Waals surface area contributed by atoms with Gasteiger partial charge in [-0.2, -0.15) is 0 Å². The normalized spacial score (nSPS) is 13.9. The second-order valence-electron chi connectivity index (χ2n) is 5.51. The van der Waals surface area contributed by atoms with Crippen molar-refractivity contribution in [1.82, 2.24) is 0 Å². The zero-order chi connectivity index (χ0) is 14.1. The summed E-state index contributed by atoms with van der Waals surface area (Å²) in [5.41, 5.74) is 5.49. The Labute approximate surface area is 123 Å². The first kappa shape index (κ1) is 13.4. The highest BCUT2D eigenvalue weighted by Crippen LogP contribution is 2.30. The lowest BCUT2D eigenvalue weighted by molar-refractivity contribution is 0.102. The molecule has 0 radical (unpaired) electrons. The van der Waals surface area contributed by atoms with Crippen LogP contribution < -0.4 is 5.32 Å². The van der Waals surface area contributed by atoms with Crippen molar-refractivity contribution < 1.29 is 4.79 Å². The van der Waals surface area contributed by atoms with Crippen LogP contribution in [0.5, 0.6) is 0 Å². The highest BCUT2D eigenvalue weighted by Gasteiger charge is 2.20. The number of carbonyl (C=O) groups is 1. The molecule has 0 aliphatic heterocycles. The van der Waals surface area contributed by atoms with E-state index in [4.69, 9.17) is 0 Å². The lowest BCUT2D eigenvalue weighted by Crippen LogP contribution is -2.14. The van der Waals surface area contributed by atoms with Gasteiger partial charge in [0.2, 0.25) is 0 Å². The number of aryl methyl sites for hydroxylation is 3. The molecular weight excluding hydrogens is 266 g/mol. The van der Waals surface area contributed by atoms with Crippen LogP contribution in [-0.4, -0.2) is 5.91 Å². The van der Waals surface area contributed by atoms with Crippen molar-refractivity contribution >= 4 is 22.9 Å². The van der Waals surface area contributed by atoms with Gasteiger partial charge in [-0.15, -0.1) is 11.3 Å². The van der Waals surface area contributed by atoms with E-state index >= 15 is 0 Å². The van der Waals surface area contributed by atoms with E-state index in [0.29, 0.717) is 0 Å². The summed E-state index contributed by atoms with van der Waals surface area (Å²) in [5, 5.41) is 5.05. The van der Waals surface area contributed by atoms with Crippen molar-refractivity contribution in [1.29, 1.82) is 0 Å². The predicted octanol–water partition coefficient (Wildman–Crippen LogP) is 4.50. The number of amides is 1. The zero-order valence-electron chi connectivity index (χ0n) is 12.0. The van der Waals surface area contributed by atoms with Crippen LogP contribution in [0, 0.1) is 13.8 Å². The summed E-state index contributed by atoms with van der Waals surface area (Å²) in [6.45, 7) is 4.15. The highest BCUT2D eigenvalue weighted by molar-refractivity contribution is 7.10.